The number of H-pyrrole nitrogens is 1. The van der Waals surface area contributed by atoms with Crippen LogP contribution in [0.2, 0.25) is 0 Å². The number of anilines is 2. The predicted molar refractivity (Wildman–Crippen MR) is 95.0 cm³/mol. The zero-order valence-corrected chi connectivity index (χ0v) is 13.7. The van der Waals surface area contributed by atoms with E-state index in [0.29, 0.717) is 12.6 Å². The standard InChI is InChI=1S/C18H21N5O/c1-12-10-17(22-18(19)21-12)23-8-3-9-24-11-16(23)14-4-2-5-15-13(14)6-7-20-15/h2,4-7,10,16,20H,3,8-9,11H2,1H3,(H2,19,21,22). The third-order valence-corrected chi connectivity index (χ3v) is 4.48. The van der Waals surface area contributed by atoms with Gasteiger partial charge in [-0.3, -0.25) is 0 Å². The summed E-state index contributed by atoms with van der Waals surface area (Å²) in [4.78, 5) is 14.2. The van der Waals surface area contributed by atoms with Crippen LogP contribution >= 0.6 is 0 Å². The third-order valence-electron chi connectivity index (χ3n) is 4.48. The van der Waals surface area contributed by atoms with Crippen molar-refractivity contribution in [2.75, 3.05) is 30.4 Å². The highest BCUT2D eigenvalue weighted by Gasteiger charge is 2.26. The number of aromatic nitrogens is 3. The molecule has 3 heterocycles. The number of aromatic amines is 1. The summed E-state index contributed by atoms with van der Waals surface area (Å²) in [6, 6.07) is 10.5. The van der Waals surface area contributed by atoms with Crippen molar-refractivity contribution in [1.29, 1.82) is 0 Å². The van der Waals surface area contributed by atoms with Gasteiger partial charge in [-0.05, 0) is 31.0 Å². The highest BCUT2D eigenvalue weighted by atomic mass is 16.5. The molecule has 124 valence electrons. The summed E-state index contributed by atoms with van der Waals surface area (Å²) < 4.78 is 5.87. The van der Waals surface area contributed by atoms with E-state index in [2.05, 4.69) is 44.1 Å². The first kappa shape index (κ1) is 15.0. The van der Waals surface area contributed by atoms with Gasteiger partial charge in [0.25, 0.3) is 0 Å². The maximum atomic E-state index is 5.88. The Kier molecular flexibility index (Phi) is 3.82. The SMILES string of the molecule is Cc1cc(N2CCCOCC2c2cccc3[nH]ccc23)nc(N)n1. The lowest BCUT2D eigenvalue weighted by Gasteiger charge is -2.31. The second kappa shape index (κ2) is 6.13. The first-order valence-corrected chi connectivity index (χ1v) is 8.24. The Labute approximate surface area is 140 Å². The fourth-order valence-corrected chi connectivity index (χ4v) is 3.43. The number of nitrogens with one attached hydrogen (secondary N) is 1. The Bertz CT molecular complexity index is 839. The van der Waals surface area contributed by atoms with E-state index in [1.165, 1.54) is 10.9 Å². The van der Waals surface area contributed by atoms with Crippen molar-refractivity contribution < 1.29 is 4.74 Å². The lowest BCUT2D eigenvalue weighted by atomic mass is 10.0. The van der Waals surface area contributed by atoms with E-state index in [4.69, 9.17) is 10.5 Å². The molecule has 1 atom stereocenters. The minimum Gasteiger partial charge on any atom is -0.379 e. The van der Waals surface area contributed by atoms with Crippen molar-refractivity contribution in [1.82, 2.24) is 15.0 Å². The fraction of sp³-hybridized carbons (Fsp3) is 0.333. The number of nitrogen functional groups attached to an aromatic ring is 1. The van der Waals surface area contributed by atoms with Crippen LogP contribution in [0, 0.1) is 6.92 Å². The lowest BCUT2D eigenvalue weighted by Crippen LogP contribution is -2.31. The number of aryl methyl sites for hydroxylation is 1. The van der Waals surface area contributed by atoms with E-state index in [1.54, 1.807) is 0 Å². The molecule has 6 heteroatoms. The summed E-state index contributed by atoms with van der Waals surface area (Å²) in [5.74, 6) is 1.18. The zero-order chi connectivity index (χ0) is 16.5. The zero-order valence-electron chi connectivity index (χ0n) is 13.7. The van der Waals surface area contributed by atoms with Gasteiger partial charge in [0.05, 0.1) is 12.6 Å². The Morgan fingerprint density at radius 3 is 3.08 bits per heavy atom. The van der Waals surface area contributed by atoms with Crippen LogP contribution in [0.25, 0.3) is 10.9 Å². The molecule has 3 N–H and O–H groups in total. The molecule has 0 spiro atoms. The number of rotatable bonds is 2. The van der Waals surface area contributed by atoms with Crippen molar-refractivity contribution in [3.05, 3.63) is 47.8 Å². The Hall–Kier alpha value is -2.60. The summed E-state index contributed by atoms with van der Waals surface area (Å²) in [6.07, 6.45) is 2.94. The Morgan fingerprint density at radius 2 is 2.21 bits per heavy atom. The van der Waals surface area contributed by atoms with Gasteiger partial charge >= 0.3 is 0 Å². The van der Waals surface area contributed by atoms with E-state index in [0.717, 1.165) is 36.6 Å². The van der Waals surface area contributed by atoms with Gasteiger partial charge in [0.15, 0.2) is 0 Å². The average Bonchev–Trinajstić information content (AvgIpc) is 2.90. The van der Waals surface area contributed by atoms with Crippen molar-refractivity contribution in [2.45, 2.75) is 19.4 Å². The molecule has 2 aromatic heterocycles. The van der Waals surface area contributed by atoms with Crippen molar-refractivity contribution >= 4 is 22.7 Å². The molecule has 6 nitrogen and oxygen atoms in total. The number of nitrogens with zero attached hydrogens (tertiary/aromatic N) is 3. The Balaban J connectivity index is 1.82. The Morgan fingerprint density at radius 1 is 1.29 bits per heavy atom. The minimum atomic E-state index is 0.0979. The normalized spacial score (nSPS) is 18.7. The maximum absolute atomic E-state index is 5.88. The molecule has 0 radical (unpaired) electrons. The quantitative estimate of drug-likeness (QED) is 0.758. The number of hydrogen-bond donors (Lipinski definition) is 2. The van der Waals surface area contributed by atoms with Crippen LogP contribution in [-0.4, -0.2) is 34.7 Å². The van der Waals surface area contributed by atoms with Gasteiger partial charge in [-0.1, -0.05) is 12.1 Å². The molecule has 0 saturated carbocycles. The number of fused-ring (bicyclic) bond motifs is 1. The molecule has 3 aromatic rings. The van der Waals surface area contributed by atoms with E-state index < -0.39 is 0 Å². The third kappa shape index (κ3) is 2.69. The molecule has 1 saturated heterocycles. The van der Waals surface area contributed by atoms with Crippen LogP contribution in [0.4, 0.5) is 11.8 Å². The number of benzene rings is 1. The van der Waals surface area contributed by atoms with Gasteiger partial charge in [-0.2, -0.15) is 4.98 Å². The molecule has 1 fully saturated rings. The van der Waals surface area contributed by atoms with Gasteiger partial charge in [0, 0.05) is 42.0 Å². The minimum absolute atomic E-state index is 0.0979. The molecule has 1 unspecified atom stereocenters. The monoisotopic (exact) mass is 323 g/mol. The topological polar surface area (TPSA) is 80.1 Å². The molecule has 1 aromatic carbocycles. The molecule has 1 aliphatic rings. The molecule has 0 amide bonds. The van der Waals surface area contributed by atoms with Gasteiger partial charge in [-0.25, -0.2) is 4.98 Å². The van der Waals surface area contributed by atoms with Crippen LogP contribution in [-0.2, 0) is 4.74 Å². The molecule has 24 heavy (non-hydrogen) atoms. The van der Waals surface area contributed by atoms with E-state index >= 15 is 0 Å². The molecule has 0 aliphatic carbocycles. The molecular formula is C18H21N5O. The fourth-order valence-electron chi connectivity index (χ4n) is 3.43. The van der Waals surface area contributed by atoms with Crippen LogP contribution in [0.1, 0.15) is 23.7 Å². The highest BCUT2D eigenvalue weighted by Crippen LogP contribution is 2.33. The lowest BCUT2D eigenvalue weighted by molar-refractivity contribution is 0.134. The molecule has 0 bridgehead atoms. The summed E-state index contributed by atoms with van der Waals surface area (Å²) >= 11 is 0. The number of hydrogen-bond acceptors (Lipinski definition) is 5. The molecule has 4 rings (SSSR count). The van der Waals surface area contributed by atoms with Gasteiger partial charge in [0.2, 0.25) is 5.95 Å². The summed E-state index contributed by atoms with van der Waals surface area (Å²) in [7, 11) is 0. The number of nitrogens with two attached hydrogens (primary N) is 1. The van der Waals surface area contributed by atoms with Gasteiger partial charge in [0.1, 0.15) is 5.82 Å². The van der Waals surface area contributed by atoms with Crippen LogP contribution in [0.15, 0.2) is 36.5 Å². The van der Waals surface area contributed by atoms with Crippen molar-refractivity contribution in [2.24, 2.45) is 0 Å². The van der Waals surface area contributed by atoms with Crippen LogP contribution in [0.5, 0.6) is 0 Å². The average molecular weight is 323 g/mol. The van der Waals surface area contributed by atoms with E-state index in [-0.39, 0.29) is 6.04 Å². The summed E-state index contributed by atoms with van der Waals surface area (Å²) in [5.41, 5.74) is 9.13. The molecule has 1 aliphatic heterocycles. The summed E-state index contributed by atoms with van der Waals surface area (Å²) in [5, 5.41) is 1.22. The van der Waals surface area contributed by atoms with E-state index in [1.807, 2.05) is 19.2 Å². The second-order valence-corrected chi connectivity index (χ2v) is 6.15. The predicted octanol–water partition coefficient (Wildman–Crippen LogP) is 2.82. The van der Waals surface area contributed by atoms with Crippen molar-refractivity contribution in [3.8, 4) is 0 Å². The van der Waals surface area contributed by atoms with Crippen LogP contribution in [0.3, 0.4) is 0 Å². The smallest absolute Gasteiger partial charge is 0.222 e. The second-order valence-electron chi connectivity index (χ2n) is 6.15. The van der Waals surface area contributed by atoms with E-state index in [9.17, 15) is 0 Å². The van der Waals surface area contributed by atoms with Crippen molar-refractivity contribution in [3.63, 3.8) is 0 Å². The summed E-state index contributed by atoms with van der Waals surface area (Å²) in [6.45, 7) is 4.21. The highest BCUT2D eigenvalue weighted by molar-refractivity contribution is 5.83. The van der Waals surface area contributed by atoms with Gasteiger partial charge < -0.3 is 20.4 Å². The number of ether oxygens (including phenoxy) is 1. The largest absolute Gasteiger partial charge is 0.379 e. The molecular weight excluding hydrogens is 302 g/mol. The van der Waals surface area contributed by atoms with Gasteiger partial charge in [-0.15, -0.1) is 0 Å². The van der Waals surface area contributed by atoms with Crippen LogP contribution < -0.4 is 10.6 Å². The maximum Gasteiger partial charge on any atom is 0.222 e. The first-order valence-electron chi connectivity index (χ1n) is 8.24. The first-order chi connectivity index (χ1) is 11.7.